The molecule has 0 aliphatic carbocycles. The molecular weight excluding hydrogens is 431 g/mol. The lowest BCUT2D eigenvalue weighted by Crippen LogP contribution is -2.16. The molecule has 0 saturated heterocycles. The Morgan fingerprint density at radius 2 is 1.83 bits per heavy atom. The summed E-state index contributed by atoms with van der Waals surface area (Å²) in [6.45, 7) is 0. The predicted octanol–water partition coefficient (Wildman–Crippen LogP) is 6.12. The van der Waals surface area contributed by atoms with E-state index in [0.29, 0.717) is 14.6 Å². The van der Waals surface area contributed by atoms with Crippen LogP contribution in [-0.2, 0) is 0 Å². The lowest BCUT2D eigenvalue weighted by atomic mass is 9.89. The molecule has 2 aromatic heterocycles. The van der Waals surface area contributed by atoms with Crippen molar-refractivity contribution in [3.63, 3.8) is 0 Å². The highest BCUT2D eigenvalue weighted by atomic mass is 35.5. The zero-order valence-corrected chi connectivity index (χ0v) is 17.0. The summed E-state index contributed by atoms with van der Waals surface area (Å²) < 4.78 is 38.0. The van der Waals surface area contributed by atoms with Gasteiger partial charge in [0.25, 0.3) is 0 Å². The van der Waals surface area contributed by atoms with Crippen molar-refractivity contribution in [3.8, 4) is 5.75 Å². The molecule has 2 N–H and O–H groups in total. The van der Waals surface area contributed by atoms with Gasteiger partial charge in [-0.3, -0.25) is 0 Å². The highest BCUT2D eigenvalue weighted by molar-refractivity contribution is 7.16. The van der Waals surface area contributed by atoms with Gasteiger partial charge in [0.15, 0.2) is 0 Å². The van der Waals surface area contributed by atoms with Crippen LogP contribution in [0, 0.1) is 0 Å². The molecular formula is C22H16Cl2O4S. The molecule has 2 atom stereocenters. The third-order valence-corrected chi connectivity index (χ3v) is 6.05. The minimum atomic E-state index is -1.52. The number of rotatable bonds is 5. The SMILES string of the molecule is [2H]c1c([2H])c(C(O)CC(c2ccc(Cl)s2)c2c(O)c3ccccc3oc2=O)c([2H])c([2H])c1Cl. The average Bonchev–Trinajstić information content (AvgIpc) is 3.22. The normalized spacial score (nSPS) is 15.4. The van der Waals surface area contributed by atoms with Gasteiger partial charge < -0.3 is 14.6 Å². The Morgan fingerprint density at radius 3 is 2.52 bits per heavy atom. The Labute approximate surface area is 186 Å². The van der Waals surface area contributed by atoms with Gasteiger partial charge in [0.05, 0.1) is 26.9 Å². The number of fused-ring (bicyclic) bond motifs is 1. The van der Waals surface area contributed by atoms with Gasteiger partial charge in [-0.25, -0.2) is 4.79 Å². The molecule has 0 amide bonds. The van der Waals surface area contributed by atoms with Crippen LogP contribution in [-0.4, -0.2) is 10.2 Å². The summed E-state index contributed by atoms with van der Waals surface area (Å²) in [5.41, 5.74) is -0.963. The molecule has 29 heavy (non-hydrogen) atoms. The van der Waals surface area contributed by atoms with Crippen LogP contribution in [0.1, 0.15) is 39.9 Å². The molecule has 148 valence electrons. The lowest BCUT2D eigenvalue weighted by Gasteiger charge is -2.20. The Morgan fingerprint density at radius 1 is 1.10 bits per heavy atom. The van der Waals surface area contributed by atoms with Gasteiger partial charge in [-0.15, -0.1) is 11.3 Å². The van der Waals surface area contributed by atoms with Crippen LogP contribution in [0.3, 0.4) is 0 Å². The highest BCUT2D eigenvalue weighted by Gasteiger charge is 2.28. The second-order valence-corrected chi connectivity index (χ2v) is 8.45. The summed E-state index contributed by atoms with van der Waals surface area (Å²) in [6.07, 6.45) is -1.77. The number of halogens is 2. The second-order valence-electron chi connectivity index (χ2n) is 6.32. The molecule has 4 nitrogen and oxygen atoms in total. The third-order valence-electron chi connectivity index (χ3n) is 4.51. The molecule has 0 radical (unpaired) electrons. The van der Waals surface area contributed by atoms with Crippen molar-refractivity contribution in [2.45, 2.75) is 18.4 Å². The van der Waals surface area contributed by atoms with E-state index >= 15 is 0 Å². The lowest BCUT2D eigenvalue weighted by molar-refractivity contribution is 0.161. The molecule has 2 heterocycles. The van der Waals surface area contributed by atoms with Gasteiger partial charge in [0.1, 0.15) is 11.3 Å². The van der Waals surface area contributed by atoms with Gasteiger partial charge in [-0.1, -0.05) is 47.4 Å². The van der Waals surface area contributed by atoms with Gasteiger partial charge in [-0.2, -0.15) is 0 Å². The maximum atomic E-state index is 12.9. The minimum Gasteiger partial charge on any atom is -0.507 e. The summed E-state index contributed by atoms with van der Waals surface area (Å²) in [4.78, 5) is 13.4. The number of para-hydroxylation sites is 1. The first-order valence-corrected chi connectivity index (χ1v) is 10.1. The van der Waals surface area contributed by atoms with Crippen molar-refractivity contribution in [2.24, 2.45) is 0 Å². The molecule has 0 saturated carbocycles. The van der Waals surface area contributed by atoms with Crippen molar-refractivity contribution in [1.29, 1.82) is 0 Å². The number of aliphatic hydroxyl groups is 1. The highest BCUT2D eigenvalue weighted by Crippen LogP contribution is 2.42. The van der Waals surface area contributed by atoms with E-state index in [0.717, 1.165) is 11.3 Å². The second kappa shape index (κ2) is 8.20. The van der Waals surface area contributed by atoms with E-state index in [-0.39, 0.29) is 33.9 Å². The predicted molar refractivity (Wildman–Crippen MR) is 116 cm³/mol. The minimum absolute atomic E-state index is 0.101. The average molecular weight is 451 g/mol. The standard InChI is InChI=1S/C22H16Cl2O4S/c23-13-7-5-12(6-8-13)16(25)11-15(18-9-10-19(24)29-18)20-21(26)14-3-1-2-4-17(14)28-22(20)27/h1-10,15-16,25-26H,11H2/i5D,6D,7D,8D. The zero-order chi connectivity index (χ0) is 24.0. The molecule has 7 heteroatoms. The van der Waals surface area contributed by atoms with E-state index in [2.05, 4.69) is 0 Å². The Bertz CT molecular complexity index is 1410. The van der Waals surface area contributed by atoms with Crippen LogP contribution in [0.4, 0.5) is 0 Å². The van der Waals surface area contributed by atoms with E-state index in [4.69, 9.17) is 33.1 Å². The van der Waals surface area contributed by atoms with E-state index in [1.165, 1.54) is 0 Å². The molecule has 4 rings (SSSR count). The van der Waals surface area contributed by atoms with Crippen LogP contribution in [0.2, 0.25) is 9.36 Å². The zero-order valence-electron chi connectivity index (χ0n) is 18.7. The topological polar surface area (TPSA) is 70.7 Å². The molecule has 2 aromatic carbocycles. The third kappa shape index (κ3) is 4.05. The molecule has 2 unspecified atom stereocenters. The fraction of sp³-hybridized carbons (Fsp3) is 0.136. The van der Waals surface area contributed by atoms with Crippen LogP contribution >= 0.6 is 34.5 Å². The van der Waals surface area contributed by atoms with Crippen LogP contribution in [0.15, 0.2) is 69.8 Å². The largest absolute Gasteiger partial charge is 0.507 e. The Hall–Kier alpha value is -2.31. The summed E-state index contributed by atoms with van der Waals surface area (Å²) in [5.74, 6) is -1.21. The number of aromatic hydroxyl groups is 1. The number of hydrogen-bond acceptors (Lipinski definition) is 5. The van der Waals surface area contributed by atoms with E-state index in [1.807, 2.05) is 0 Å². The molecule has 0 bridgehead atoms. The summed E-state index contributed by atoms with van der Waals surface area (Å²) >= 11 is 13.1. The molecule has 0 spiro atoms. The quantitative estimate of drug-likeness (QED) is 0.359. The molecule has 0 aliphatic heterocycles. The summed E-state index contributed by atoms with van der Waals surface area (Å²) in [7, 11) is 0. The maximum absolute atomic E-state index is 12.9. The van der Waals surface area contributed by atoms with E-state index < -0.39 is 41.8 Å². The first-order chi connectivity index (χ1) is 15.6. The van der Waals surface area contributed by atoms with E-state index in [1.54, 1.807) is 36.4 Å². The maximum Gasteiger partial charge on any atom is 0.343 e. The first-order valence-electron chi connectivity index (χ1n) is 10.6. The number of hydrogen-bond donors (Lipinski definition) is 2. The van der Waals surface area contributed by atoms with Gasteiger partial charge >= 0.3 is 5.63 Å². The van der Waals surface area contributed by atoms with Crippen molar-refractivity contribution < 1.29 is 20.1 Å². The number of aliphatic hydroxyl groups excluding tert-OH is 1. The van der Waals surface area contributed by atoms with Gasteiger partial charge in [0, 0.05) is 15.8 Å². The van der Waals surface area contributed by atoms with Crippen molar-refractivity contribution in [3.05, 3.63) is 96.4 Å². The Balaban J connectivity index is 1.89. The molecule has 0 aliphatic rings. The first kappa shape index (κ1) is 15.5. The van der Waals surface area contributed by atoms with E-state index in [9.17, 15) is 15.0 Å². The van der Waals surface area contributed by atoms with Gasteiger partial charge in [-0.05, 0) is 48.3 Å². The summed E-state index contributed by atoms with van der Waals surface area (Å²) in [6, 6.07) is 7.82. The Kier molecular flexibility index (Phi) is 4.39. The fourth-order valence-electron chi connectivity index (χ4n) is 3.16. The number of thiophene rings is 1. The van der Waals surface area contributed by atoms with Crippen LogP contribution < -0.4 is 5.63 Å². The number of benzene rings is 2. The molecule has 4 aromatic rings. The van der Waals surface area contributed by atoms with Crippen molar-refractivity contribution >= 4 is 45.5 Å². The smallest absolute Gasteiger partial charge is 0.343 e. The van der Waals surface area contributed by atoms with Gasteiger partial charge in [0.2, 0.25) is 0 Å². The van der Waals surface area contributed by atoms with Crippen molar-refractivity contribution in [1.82, 2.24) is 0 Å². The van der Waals surface area contributed by atoms with Crippen LogP contribution in [0.5, 0.6) is 5.75 Å². The van der Waals surface area contributed by atoms with Crippen molar-refractivity contribution in [2.75, 3.05) is 0 Å². The van der Waals surface area contributed by atoms with Crippen LogP contribution in [0.25, 0.3) is 11.0 Å². The monoisotopic (exact) mass is 450 g/mol. The summed E-state index contributed by atoms with van der Waals surface area (Å²) in [5, 5.41) is 21.9. The molecule has 0 fully saturated rings. The fourth-order valence-corrected chi connectivity index (χ4v) is 4.44.